The molecule has 1 atom stereocenters. The highest BCUT2D eigenvalue weighted by atomic mass is 79.9. The normalized spacial score (nSPS) is 14.3. The van der Waals surface area contributed by atoms with Gasteiger partial charge in [-0.05, 0) is 77.7 Å². The van der Waals surface area contributed by atoms with Crippen molar-refractivity contribution in [2.45, 2.75) is 37.7 Å². The van der Waals surface area contributed by atoms with E-state index in [1.165, 1.54) is 11.8 Å². The van der Waals surface area contributed by atoms with E-state index in [1.54, 1.807) is 11.8 Å². The fourth-order valence-electron chi connectivity index (χ4n) is 4.64. The third kappa shape index (κ3) is 6.10. The van der Waals surface area contributed by atoms with Gasteiger partial charge in [0.2, 0.25) is 11.1 Å². The van der Waals surface area contributed by atoms with Crippen LogP contribution in [0.15, 0.2) is 81.6 Å². The average molecular weight is 655 g/mol. The number of hydrogen-bond acceptors (Lipinski definition) is 7. The van der Waals surface area contributed by atoms with Crippen LogP contribution in [0.4, 0.5) is 11.6 Å². The summed E-state index contributed by atoms with van der Waals surface area (Å²) in [7, 11) is 1.59. The summed E-state index contributed by atoms with van der Waals surface area (Å²) in [5.74, 6) is 2.02. The van der Waals surface area contributed by atoms with Crippen molar-refractivity contribution in [1.29, 1.82) is 0 Å². The zero-order valence-corrected chi connectivity index (χ0v) is 26.2. The molecule has 0 spiro atoms. The molecule has 8 nitrogen and oxygen atoms in total. The Morgan fingerprint density at radius 3 is 2.66 bits per heavy atom. The molecule has 1 aliphatic rings. The van der Waals surface area contributed by atoms with Crippen molar-refractivity contribution < 1.29 is 14.3 Å². The van der Waals surface area contributed by atoms with Crippen LogP contribution in [0.2, 0.25) is 5.02 Å². The maximum atomic E-state index is 13.9. The number of carbonyl (C=O) groups is 1. The summed E-state index contributed by atoms with van der Waals surface area (Å²) in [4.78, 5) is 18.7. The summed E-state index contributed by atoms with van der Waals surface area (Å²) < 4.78 is 14.0. The van der Waals surface area contributed by atoms with Crippen LogP contribution < -0.4 is 20.1 Å². The van der Waals surface area contributed by atoms with Crippen LogP contribution in [-0.4, -0.2) is 34.4 Å². The molecule has 1 amide bonds. The zero-order chi connectivity index (χ0) is 29.1. The Balaban J connectivity index is 1.57. The van der Waals surface area contributed by atoms with Gasteiger partial charge >= 0.3 is 0 Å². The lowest BCUT2D eigenvalue weighted by atomic mass is 9.94. The molecule has 0 bridgehead atoms. The van der Waals surface area contributed by atoms with E-state index >= 15 is 0 Å². The first-order valence-corrected chi connectivity index (χ1v) is 15.1. The molecule has 11 heteroatoms. The predicted octanol–water partition coefficient (Wildman–Crippen LogP) is 7.63. The number of nitrogens with one attached hydrogen (secondary N) is 2. The molecule has 1 aliphatic heterocycles. The number of ether oxygens (including phenoxy) is 2. The number of benzene rings is 3. The second kappa shape index (κ2) is 12.6. The van der Waals surface area contributed by atoms with Crippen molar-refractivity contribution in [2.24, 2.45) is 0 Å². The number of rotatable bonds is 9. The third-order valence-electron chi connectivity index (χ3n) is 6.64. The van der Waals surface area contributed by atoms with Crippen molar-refractivity contribution in [3.05, 3.63) is 98.1 Å². The third-order valence-corrected chi connectivity index (χ3v) is 8.49. The number of aryl methyl sites for hydroxylation is 1. The van der Waals surface area contributed by atoms with Gasteiger partial charge in [-0.3, -0.25) is 4.79 Å². The Morgan fingerprint density at radius 2 is 1.93 bits per heavy atom. The molecule has 2 N–H and O–H groups in total. The Kier molecular flexibility index (Phi) is 8.91. The van der Waals surface area contributed by atoms with E-state index in [0.717, 1.165) is 22.4 Å². The number of carbonyl (C=O) groups excluding carboxylic acids is 1. The van der Waals surface area contributed by atoms with Gasteiger partial charge in [0.1, 0.15) is 6.04 Å². The van der Waals surface area contributed by atoms with E-state index in [2.05, 4.69) is 26.6 Å². The van der Waals surface area contributed by atoms with E-state index in [9.17, 15) is 4.79 Å². The number of aromatic nitrogens is 3. The van der Waals surface area contributed by atoms with Gasteiger partial charge in [-0.2, -0.15) is 4.98 Å². The molecule has 0 saturated heterocycles. The van der Waals surface area contributed by atoms with Crippen LogP contribution in [0.5, 0.6) is 11.5 Å². The standard InChI is InChI=1S/C30H29BrClN5O3S/c1-5-40-27-21(31)14-20(15-24(27)39-4)26-25(28(38)34-23-13-9-6-10-17(23)2)18(3)33-29-35-30(36-37(26)29)41-16-19-11-7-8-12-22(19)32/h6-15,26H,5,16H2,1-4H3,(H,34,38)(H,33,35,36). The lowest BCUT2D eigenvalue weighted by Gasteiger charge is -2.29. The van der Waals surface area contributed by atoms with Gasteiger partial charge in [-0.1, -0.05) is 59.8 Å². The van der Waals surface area contributed by atoms with E-state index in [1.807, 2.05) is 81.4 Å². The van der Waals surface area contributed by atoms with Gasteiger partial charge in [-0.25, -0.2) is 4.68 Å². The number of halogens is 2. The highest BCUT2D eigenvalue weighted by Crippen LogP contribution is 2.43. The highest BCUT2D eigenvalue weighted by molar-refractivity contribution is 9.10. The molecule has 2 heterocycles. The van der Waals surface area contributed by atoms with Gasteiger partial charge < -0.3 is 20.1 Å². The van der Waals surface area contributed by atoms with Crippen LogP contribution in [-0.2, 0) is 10.5 Å². The van der Waals surface area contributed by atoms with Gasteiger partial charge in [0, 0.05) is 22.2 Å². The van der Waals surface area contributed by atoms with Crippen LogP contribution >= 0.6 is 39.3 Å². The van der Waals surface area contributed by atoms with Crippen LogP contribution in [0, 0.1) is 6.92 Å². The van der Waals surface area contributed by atoms with Crippen molar-refractivity contribution in [2.75, 3.05) is 24.4 Å². The maximum Gasteiger partial charge on any atom is 0.255 e. The largest absolute Gasteiger partial charge is 0.493 e. The number of fused-ring (bicyclic) bond motifs is 1. The minimum atomic E-state index is -0.599. The van der Waals surface area contributed by atoms with E-state index in [0.29, 0.717) is 55.7 Å². The van der Waals surface area contributed by atoms with Gasteiger partial charge in [-0.15, -0.1) is 5.10 Å². The molecule has 1 unspecified atom stereocenters. The summed E-state index contributed by atoms with van der Waals surface area (Å²) in [6, 6.07) is 18.6. The van der Waals surface area contributed by atoms with Crippen molar-refractivity contribution in [3.8, 4) is 11.5 Å². The van der Waals surface area contributed by atoms with Crippen LogP contribution in [0.25, 0.3) is 0 Å². The lowest BCUT2D eigenvalue weighted by molar-refractivity contribution is -0.113. The molecule has 3 aromatic carbocycles. The Morgan fingerprint density at radius 1 is 1.17 bits per heavy atom. The molecule has 0 radical (unpaired) electrons. The second-order valence-corrected chi connectivity index (χ2v) is 11.5. The molecule has 0 aliphatic carbocycles. The van der Waals surface area contributed by atoms with Gasteiger partial charge in [0.25, 0.3) is 5.91 Å². The van der Waals surface area contributed by atoms with Crippen molar-refractivity contribution in [1.82, 2.24) is 14.8 Å². The minimum absolute atomic E-state index is 0.246. The molecule has 5 rings (SSSR count). The molecule has 212 valence electrons. The lowest BCUT2D eigenvalue weighted by Crippen LogP contribution is -2.31. The van der Waals surface area contributed by atoms with E-state index in [-0.39, 0.29) is 5.91 Å². The molecular weight excluding hydrogens is 626 g/mol. The van der Waals surface area contributed by atoms with Crippen molar-refractivity contribution >= 4 is 56.8 Å². The highest BCUT2D eigenvalue weighted by Gasteiger charge is 2.35. The SMILES string of the molecule is CCOc1c(Br)cc(C2C(C(=O)Nc3ccccc3C)=C(C)Nc3nc(SCc4ccccc4Cl)nn32)cc1OC. The van der Waals surface area contributed by atoms with E-state index < -0.39 is 6.04 Å². The number of anilines is 2. The quantitative estimate of drug-likeness (QED) is 0.179. The summed E-state index contributed by atoms with van der Waals surface area (Å²) in [5, 5.41) is 12.5. The Bertz CT molecular complexity index is 1640. The van der Waals surface area contributed by atoms with Gasteiger partial charge in [0.15, 0.2) is 11.5 Å². The predicted molar refractivity (Wildman–Crippen MR) is 167 cm³/mol. The fourth-order valence-corrected chi connectivity index (χ4v) is 6.33. The molecule has 0 saturated carbocycles. The summed E-state index contributed by atoms with van der Waals surface area (Å²) in [5.41, 5.74) is 4.65. The Hall–Kier alpha value is -3.47. The number of hydrogen-bond donors (Lipinski definition) is 2. The first-order chi connectivity index (χ1) is 19.8. The second-order valence-electron chi connectivity index (χ2n) is 9.35. The summed E-state index contributed by atoms with van der Waals surface area (Å²) in [6.45, 7) is 6.22. The minimum Gasteiger partial charge on any atom is -0.493 e. The average Bonchev–Trinajstić information content (AvgIpc) is 3.36. The van der Waals surface area contributed by atoms with E-state index in [4.69, 9.17) is 31.2 Å². The Labute approximate surface area is 256 Å². The molecule has 0 fully saturated rings. The summed E-state index contributed by atoms with van der Waals surface area (Å²) >= 11 is 11.5. The molecule has 41 heavy (non-hydrogen) atoms. The first kappa shape index (κ1) is 29.0. The van der Waals surface area contributed by atoms with Crippen LogP contribution in [0.1, 0.15) is 36.6 Å². The van der Waals surface area contributed by atoms with Gasteiger partial charge in [0.05, 0.1) is 23.8 Å². The number of allylic oxidation sites excluding steroid dienone is 1. The fraction of sp³-hybridized carbons (Fsp3) is 0.233. The monoisotopic (exact) mass is 653 g/mol. The first-order valence-electron chi connectivity index (χ1n) is 13.0. The van der Waals surface area contributed by atoms with Crippen LogP contribution in [0.3, 0.4) is 0 Å². The number of amides is 1. The van der Waals surface area contributed by atoms with Crippen molar-refractivity contribution in [3.63, 3.8) is 0 Å². The number of para-hydroxylation sites is 1. The molecular formula is C30H29BrClN5O3S. The number of thioether (sulfide) groups is 1. The summed E-state index contributed by atoms with van der Waals surface area (Å²) in [6.07, 6.45) is 0. The topological polar surface area (TPSA) is 90.3 Å². The number of nitrogens with zero attached hydrogens (tertiary/aromatic N) is 3. The maximum absolute atomic E-state index is 13.9. The number of methoxy groups -OCH3 is 1. The smallest absolute Gasteiger partial charge is 0.255 e. The zero-order valence-electron chi connectivity index (χ0n) is 23.0. The molecule has 4 aromatic rings. The molecule has 1 aromatic heterocycles.